The lowest BCUT2D eigenvalue weighted by Crippen LogP contribution is -2.28. The van der Waals surface area contributed by atoms with Crippen molar-refractivity contribution in [2.75, 3.05) is 11.9 Å². The SMILES string of the molecule is CCOC(=O)Cc1cccnc1NC(=O)OC(C)(C)C. The average molecular weight is 280 g/mol. The molecule has 1 rings (SSSR count). The lowest BCUT2D eigenvalue weighted by atomic mass is 10.2. The summed E-state index contributed by atoms with van der Waals surface area (Å²) in [7, 11) is 0. The lowest BCUT2D eigenvalue weighted by Gasteiger charge is -2.20. The van der Waals surface area contributed by atoms with Crippen LogP contribution in [-0.2, 0) is 20.7 Å². The van der Waals surface area contributed by atoms with Gasteiger partial charge >= 0.3 is 12.1 Å². The minimum atomic E-state index is -0.610. The van der Waals surface area contributed by atoms with Crippen LogP contribution in [0.15, 0.2) is 18.3 Å². The van der Waals surface area contributed by atoms with E-state index in [0.717, 1.165) is 0 Å². The Balaban J connectivity index is 2.75. The van der Waals surface area contributed by atoms with Crippen molar-refractivity contribution in [1.29, 1.82) is 0 Å². The Labute approximate surface area is 118 Å². The van der Waals surface area contributed by atoms with Gasteiger partial charge in [0, 0.05) is 11.8 Å². The number of amides is 1. The molecular formula is C14H20N2O4. The normalized spacial score (nSPS) is 10.8. The molecule has 0 aliphatic rings. The summed E-state index contributed by atoms with van der Waals surface area (Å²) in [6, 6.07) is 3.39. The summed E-state index contributed by atoms with van der Waals surface area (Å²) in [5.74, 6) is -0.0671. The van der Waals surface area contributed by atoms with E-state index >= 15 is 0 Å². The molecule has 0 unspecified atom stereocenters. The van der Waals surface area contributed by atoms with Crippen molar-refractivity contribution in [3.8, 4) is 0 Å². The van der Waals surface area contributed by atoms with Crippen LogP contribution in [0, 0.1) is 0 Å². The zero-order chi connectivity index (χ0) is 15.2. The van der Waals surface area contributed by atoms with Crippen molar-refractivity contribution < 1.29 is 19.1 Å². The van der Waals surface area contributed by atoms with E-state index in [0.29, 0.717) is 18.0 Å². The van der Waals surface area contributed by atoms with Crippen LogP contribution in [0.3, 0.4) is 0 Å². The highest BCUT2D eigenvalue weighted by Gasteiger charge is 2.18. The minimum absolute atomic E-state index is 0.0484. The van der Waals surface area contributed by atoms with Crippen molar-refractivity contribution >= 4 is 17.9 Å². The third-order valence-electron chi connectivity index (χ3n) is 2.15. The van der Waals surface area contributed by atoms with Crippen LogP contribution in [-0.4, -0.2) is 29.3 Å². The van der Waals surface area contributed by atoms with Crippen LogP contribution in [0.4, 0.5) is 10.6 Å². The van der Waals surface area contributed by atoms with Gasteiger partial charge in [-0.15, -0.1) is 0 Å². The summed E-state index contributed by atoms with van der Waals surface area (Å²) >= 11 is 0. The summed E-state index contributed by atoms with van der Waals surface area (Å²) in [5, 5.41) is 2.53. The van der Waals surface area contributed by atoms with E-state index in [2.05, 4.69) is 10.3 Å². The van der Waals surface area contributed by atoms with Crippen molar-refractivity contribution in [1.82, 2.24) is 4.98 Å². The van der Waals surface area contributed by atoms with E-state index in [4.69, 9.17) is 9.47 Å². The van der Waals surface area contributed by atoms with Gasteiger partial charge in [-0.05, 0) is 33.8 Å². The molecule has 0 spiro atoms. The Kier molecular flexibility index (Phi) is 5.49. The molecule has 110 valence electrons. The quantitative estimate of drug-likeness (QED) is 0.857. The molecule has 0 fully saturated rings. The number of hydrogen-bond donors (Lipinski definition) is 1. The number of aromatic nitrogens is 1. The minimum Gasteiger partial charge on any atom is -0.466 e. The molecule has 0 bridgehead atoms. The first-order valence-corrected chi connectivity index (χ1v) is 6.41. The molecule has 0 saturated carbocycles. The number of pyridine rings is 1. The fourth-order valence-electron chi connectivity index (χ4n) is 1.46. The van der Waals surface area contributed by atoms with Crippen LogP contribution >= 0.6 is 0 Å². The fraction of sp³-hybridized carbons (Fsp3) is 0.500. The smallest absolute Gasteiger partial charge is 0.413 e. The van der Waals surface area contributed by atoms with Crippen molar-refractivity contribution in [3.05, 3.63) is 23.9 Å². The predicted molar refractivity (Wildman–Crippen MR) is 74.4 cm³/mol. The second kappa shape index (κ2) is 6.88. The topological polar surface area (TPSA) is 77.5 Å². The van der Waals surface area contributed by atoms with Gasteiger partial charge in [0.2, 0.25) is 0 Å². The maximum atomic E-state index is 11.7. The molecular weight excluding hydrogens is 260 g/mol. The third kappa shape index (κ3) is 5.69. The number of hydrogen-bond acceptors (Lipinski definition) is 5. The average Bonchev–Trinajstić information content (AvgIpc) is 2.29. The lowest BCUT2D eigenvalue weighted by molar-refractivity contribution is -0.142. The molecule has 0 aliphatic carbocycles. The fourth-order valence-corrected chi connectivity index (χ4v) is 1.46. The summed E-state index contributed by atoms with van der Waals surface area (Å²) in [6.45, 7) is 7.36. The van der Waals surface area contributed by atoms with E-state index in [-0.39, 0.29) is 12.4 Å². The molecule has 0 aliphatic heterocycles. The zero-order valence-electron chi connectivity index (χ0n) is 12.2. The van der Waals surface area contributed by atoms with E-state index in [1.807, 2.05) is 0 Å². The molecule has 0 saturated heterocycles. The number of nitrogens with one attached hydrogen (secondary N) is 1. The van der Waals surface area contributed by atoms with Crippen LogP contribution in [0.1, 0.15) is 33.3 Å². The van der Waals surface area contributed by atoms with Crippen LogP contribution in [0.25, 0.3) is 0 Å². The molecule has 1 amide bonds. The summed E-state index contributed by atoms with van der Waals surface area (Å²) in [4.78, 5) is 27.2. The van der Waals surface area contributed by atoms with Gasteiger partial charge in [0.25, 0.3) is 0 Å². The maximum absolute atomic E-state index is 11.7. The first-order chi connectivity index (χ1) is 9.31. The number of ether oxygens (including phenoxy) is 2. The second-order valence-corrected chi connectivity index (χ2v) is 5.12. The van der Waals surface area contributed by atoms with Gasteiger partial charge in [-0.1, -0.05) is 6.07 Å². The number of anilines is 1. The number of rotatable bonds is 4. The molecule has 0 atom stereocenters. The Morgan fingerprint density at radius 3 is 2.65 bits per heavy atom. The molecule has 1 aromatic rings. The first kappa shape index (κ1) is 15.9. The highest BCUT2D eigenvalue weighted by Crippen LogP contribution is 2.15. The van der Waals surface area contributed by atoms with Gasteiger partial charge in [0.05, 0.1) is 13.0 Å². The monoisotopic (exact) mass is 280 g/mol. The molecule has 1 heterocycles. The molecule has 1 N–H and O–H groups in total. The van der Waals surface area contributed by atoms with E-state index in [1.165, 1.54) is 6.20 Å². The number of carbonyl (C=O) groups is 2. The van der Waals surface area contributed by atoms with Crippen LogP contribution < -0.4 is 5.32 Å². The van der Waals surface area contributed by atoms with Gasteiger partial charge in [0.15, 0.2) is 0 Å². The van der Waals surface area contributed by atoms with E-state index in [9.17, 15) is 9.59 Å². The first-order valence-electron chi connectivity index (χ1n) is 6.41. The summed E-state index contributed by atoms with van der Waals surface area (Å²) < 4.78 is 10.0. The molecule has 1 aromatic heterocycles. The Bertz CT molecular complexity index is 480. The van der Waals surface area contributed by atoms with Gasteiger partial charge in [-0.2, -0.15) is 0 Å². The van der Waals surface area contributed by atoms with Gasteiger partial charge < -0.3 is 9.47 Å². The Morgan fingerprint density at radius 2 is 2.05 bits per heavy atom. The van der Waals surface area contributed by atoms with Crippen LogP contribution in [0.2, 0.25) is 0 Å². The molecule has 6 nitrogen and oxygen atoms in total. The zero-order valence-corrected chi connectivity index (χ0v) is 12.2. The molecule has 20 heavy (non-hydrogen) atoms. The molecule has 6 heteroatoms. The standard InChI is InChI=1S/C14H20N2O4/c1-5-19-11(17)9-10-7-6-8-15-12(10)16-13(18)20-14(2,3)4/h6-8H,5,9H2,1-4H3,(H,15,16,18). The number of nitrogens with zero attached hydrogens (tertiary/aromatic N) is 1. The second-order valence-electron chi connectivity index (χ2n) is 5.12. The summed E-state index contributed by atoms with van der Waals surface area (Å²) in [6.07, 6.45) is 0.968. The van der Waals surface area contributed by atoms with E-state index in [1.54, 1.807) is 39.8 Å². The Morgan fingerprint density at radius 1 is 1.35 bits per heavy atom. The molecule has 0 aromatic carbocycles. The van der Waals surface area contributed by atoms with Crippen LogP contribution in [0.5, 0.6) is 0 Å². The van der Waals surface area contributed by atoms with Gasteiger partial charge in [-0.25, -0.2) is 9.78 Å². The van der Waals surface area contributed by atoms with Gasteiger partial charge in [0.1, 0.15) is 11.4 Å². The predicted octanol–water partition coefficient (Wildman–Crippen LogP) is 2.53. The molecule has 0 radical (unpaired) electrons. The number of carbonyl (C=O) groups excluding carboxylic acids is 2. The largest absolute Gasteiger partial charge is 0.466 e. The Hall–Kier alpha value is -2.11. The summed E-state index contributed by atoms with van der Waals surface area (Å²) in [5.41, 5.74) is -0.0167. The third-order valence-corrected chi connectivity index (χ3v) is 2.15. The maximum Gasteiger partial charge on any atom is 0.413 e. The van der Waals surface area contributed by atoms with Gasteiger partial charge in [-0.3, -0.25) is 10.1 Å². The highest BCUT2D eigenvalue weighted by atomic mass is 16.6. The van der Waals surface area contributed by atoms with Crippen molar-refractivity contribution in [2.45, 2.75) is 39.7 Å². The number of esters is 1. The van der Waals surface area contributed by atoms with Crippen molar-refractivity contribution in [3.63, 3.8) is 0 Å². The highest BCUT2D eigenvalue weighted by molar-refractivity contribution is 5.86. The van der Waals surface area contributed by atoms with Crippen molar-refractivity contribution in [2.24, 2.45) is 0 Å². The van der Waals surface area contributed by atoms with E-state index < -0.39 is 11.7 Å².